The highest BCUT2D eigenvalue weighted by atomic mass is 127. The zero-order valence-electron chi connectivity index (χ0n) is 8.05. The van der Waals surface area contributed by atoms with Crippen LogP contribution in [0.15, 0.2) is 22.6 Å². The van der Waals surface area contributed by atoms with Gasteiger partial charge < -0.3 is 4.42 Å². The Morgan fingerprint density at radius 1 is 1.27 bits per heavy atom. The van der Waals surface area contributed by atoms with Gasteiger partial charge in [-0.1, -0.05) is 12.1 Å². The Labute approximate surface area is 101 Å². The molecule has 0 unspecified atom stereocenters. The average Bonchev–Trinajstić information content (AvgIpc) is 2.59. The maximum Gasteiger partial charge on any atom is 0.167 e. The van der Waals surface area contributed by atoms with E-state index in [0.29, 0.717) is 6.42 Å². The quantitative estimate of drug-likeness (QED) is 0.696. The maximum atomic E-state index is 11.8. The van der Waals surface area contributed by atoms with Gasteiger partial charge in [-0.2, -0.15) is 0 Å². The van der Waals surface area contributed by atoms with E-state index in [4.69, 9.17) is 4.42 Å². The van der Waals surface area contributed by atoms with Gasteiger partial charge in [0.25, 0.3) is 0 Å². The fraction of sp³-hybridized carbons (Fsp3) is 0.250. The van der Waals surface area contributed by atoms with Crippen LogP contribution in [-0.2, 0) is 6.42 Å². The molecule has 0 atom stereocenters. The van der Waals surface area contributed by atoms with Crippen molar-refractivity contribution in [1.82, 2.24) is 0 Å². The van der Waals surface area contributed by atoms with E-state index in [1.165, 1.54) is 0 Å². The second-order valence-corrected chi connectivity index (χ2v) is 4.96. The van der Waals surface area contributed by atoms with Gasteiger partial charge in [-0.3, -0.25) is 4.79 Å². The topological polar surface area (TPSA) is 30.2 Å². The van der Waals surface area contributed by atoms with E-state index >= 15 is 0 Å². The number of carbonyl (C=O) groups is 1. The monoisotopic (exact) mass is 312 g/mol. The third-order valence-corrected chi connectivity index (χ3v) is 3.68. The second kappa shape index (κ2) is 3.33. The molecule has 3 heteroatoms. The fourth-order valence-electron chi connectivity index (χ4n) is 2.15. The summed E-state index contributed by atoms with van der Waals surface area (Å²) in [7, 11) is 0. The average molecular weight is 312 g/mol. The van der Waals surface area contributed by atoms with Crippen LogP contribution in [0.3, 0.4) is 0 Å². The van der Waals surface area contributed by atoms with Gasteiger partial charge >= 0.3 is 0 Å². The molecule has 0 fully saturated rings. The first-order chi connectivity index (χ1) is 7.27. The number of furan rings is 1. The molecule has 1 aromatic heterocycles. The summed E-state index contributed by atoms with van der Waals surface area (Å²) >= 11 is 2.24. The molecule has 0 amide bonds. The molecule has 1 aliphatic rings. The SMILES string of the molecule is O=C1CCCc2oc3c(I)cccc3c21. The standard InChI is InChI=1S/C12H9IO2/c13-8-4-1-3-7-11-9(14)5-2-6-10(11)15-12(7)8/h1,3-4H,2,5-6H2. The van der Waals surface area contributed by atoms with Crippen molar-refractivity contribution >= 4 is 39.3 Å². The smallest absolute Gasteiger partial charge is 0.167 e. The summed E-state index contributed by atoms with van der Waals surface area (Å²) in [6, 6.07) is 5.95. The Hall–Kier alpha value is -0.840. The summed E-state index contributed by atoms with van der Waals surface area (Å²) in [6.07, 6.45) is 2.47. The van der Waals surface area contributed by atoms with Crippen LogP contribution in [0.4, 0.5) is 0 Å². The van der Waals surface area contributed by atoms with Crippen molar-refractivity contribution in [2.24, 2.45) is 0 Å². The first kappa shape index (κ1) is 9.39. The number of Topliss-reactive ketones (excluding diaryl/α,β-unsaturated/α-hetero) is 1. The summed E-state index contributed by atoms with van der Waals surface area (Å²) in [5.41, 5.74) is 1.70. The van der Waals surface area contributed by atoms with E-state index < -0.39 is 0 Å². The minimum Gasteiger partial charge on any atom is -0.459 e. The number of hydrogen-bond acceptors (Lipinski definition) is 2. The molecule has 0 spiro atoms. The molecule has 0 radical (unpaired) electrons. The lowest BCUT2D eigenvalue weighted by Crippen LogP contribution is -2.07. The summed E-state index contributed by atoms with van der Waals surface area (Å²) in [5, 5.41) is 0.988. The predicted molar refractivity (Wildman–Crippen MR) is 66.2 cm³/mol. The fourth-order valence-corrected chi connectivity index (χ4v) is 2.76. The Bertz CT molecular complexity index is 554. The molecule has 2 nitrogen and oxygen atoms in total. The Morgan fingerprint density at radius 3 is 3.00 bits per heavy atom. The normalized spacial score (nSPS) is 15.7. The maximum absolute atomic E-state index is 11.8. The lowest BCUT2D eigenvalue weighted by atomic mass is 9.95. The number of ketones is 1. The minimum absolute atomic E-state index is 0.233. The molecular formula is C12H9IO2. The van der Waals surface area contributed by atoms with Crippen molar-refractivity contribution < 1.29 is 9.21 Å². The zero-order chi connectivity index (χ0) is 10.4. The van der Waals surface area contributed by atoms with Crippen LogP contribution in [0.1, 0.15) is 29.0 Å². The van der Waals surface area contributed by atoms with Crippen LogP contribution < -0.4 is 0 Å². The highest BCUT2D eigenvalue weighted by Crippen LogP contribution is 2.33. The molecule has 0 saturated heterocycles. The molecule has 76 valence electrons. The van der Waals surface area contributed by atoms with Crippen molar-refractivity contribution in [2.45, 2.75) is 19.3 Å². The van der Waals surface area contributed by atoms with Gasteiger partial charge in [-0.15, -0.1) is 0 Å². The van der Waals surface area contributed by atoms with Gasteiger partial charge in [-0.05, 0) is 35.1 Å². The molecule has 3 rings (SSSR count). The lowest BCUT2D eigenvalue weighted by Gasteiger charge is -2.07. The zero-order valence-corrected chi connectivity index (χ0v) is 10.2. The Balaban J connectivity index is 2.41. The van der Waals surface area contributed by atoms with Crippen molar-refractivity contribution in [1.29, 1.82) is 0 Å². The number of halogens is 1. The molecule has 1 aromatic carbocycles. The van der Waals surface area contributed by atoms with Gasteiger partial charge in [0.15, 0.2) is 5.78 Å². The van der Waals surface area contributed by atoms with E-state index in [0.717, 1.165) is 38.7 Å². The molecule has 1 aliphatic carbocycles. The molecule has 2 aromatic rings. The Morgan fingerprint density at radius 2 is 2.13 bits per heavy atom. The van der Waals surface area contributed by atoms with E-state index in [9.17, 15) is 4.79 Å². The van der Waals surface area contributed by atoms with Crippen LogP contribution in [0.25, 0.3) is 11.0 Å². The summed E-state index contributed by atoms with van der Waals surface area (Å²) in [6.45, 7) is 0. The number of hydrogen-bond donors (Lipinski definition) is 0. The van der Waals surface area contributed by atoms with E-state index in [2.05, 4.69) is 22.6 Å². The van der Waals surface area contributed by atoms with Gasteiger partial charge in [0.2, 0.25) is 0 Å². The van der Waals surface area contributed by atoms with Crippen molar-refractivity contribution in [3.8, 4) is 0 Å². The number of para-hydroxylation sites is 1. The van der Waals surface area contributed by atoms with Crippen molar-refractivity contribution in [2.75, 3.05) is 0 Å². The van der Waals surface area contributed by atoms with Crippen LogP contribution in [-0.4, -0.2) is 5.78 Å². The molecule has 15 heavy (non-hydrogen) atoms. The summed E-state index contributed by atoms with van der Waals surface area (Å²) < 4.78 is 6.84. The number of carbonyl (C=O) groups excluding carboxylic acids is 1. The molecule has 0 bridgehead atoms. The number of aryl methyl sites for hydroxylation is 1. The van der Waals surface area contributed by atoms with Crippen molar-refractivity contribution in [3.63, 3.8) is 0 Å². The summed E-state index contributed by atoms with van der Waals surface area (Å²) in [4.78, 5) is 11.8. The number of rotatable bonds is 0. The van der Waals surface area contributed by atoms with Gasteiger partial charge in [-0.25, -0.2) is 0 Å². The molecular weight excluding hydrogens is 303 g/mol. The van der Waals surface area contributed by atoms with Crippen LogP contribution in [0, 0.1) is 3.57 Å². The largest absolute Gasteiger partial charge is 0.459 e. The van der Waals surface area contributed by atoms with Gasteiger partial charge in [0.1, 0.15) is 11.3 Å². The first-order valence-corrected chi connectivity index (χ1v) is 6.08. The van der Waals surface area contributed by atoms with Crippen LogP contribution in [0.5, 0.6) is 0 Å². The van der Waals surface area contributed by atoms with Gasteiger partial charge in [0, 0.05) is 18.2 Å². The third kappa shape index (κ3) is 1.33. The highest BCUT2D eigenvalue weighted by Gasteiger charge is 2.24. The van der Waals surface area contributed by atoms with E-state index in [1.807, 2.05) is 18.2 Å². The molecule has 0 aliphatic heterocycles. The second-order valence-electron chi connectivity index (χ2n) is 3.79. The van der Waals surface area contributed by atoms with Crippen LogP contribution >= 0.6 is 22.6 Å². The number of benzene rings is 1. The predicted octanol–water partition coefficient (Wildman–Crippen LogP) is 3.56. The van der Waals surface area contributed by atoms with E-state index in [1.54, 1.807) is 0 Å². The van der Waals surface area contributed by atoms with E-state index in [-0.39, 0.29) is 5.78 Å². The lowest BCUT2D eigenvalue weighted by molar-refractivity contribution is 0.0971. The molecule has 0 N–H and O–H groups in total. The Kier molecular flexibility index (Phi) is 2.09. The van der Waals surface area contributed by atoms with Crippen molar-refractivity contribution in [3.05, 3.63) is 33.1 Å². The minimum atomic E-state index is 0.233. The first-order valence-electron chi connectivity index (χ1n) is 5.00. The van der Waals surface area contributed by atoms with Crippen LogP contribution in [0.2, 0.25) is 0 Å². The molecule has 0 saturated carbocycles. The molecule has 1 heterocycles. The number of fused-ring (bicyclic) bond motifs is 3. The highest BCUT2D eigenvalue weighted by molar-refractivity contribution is 14.1. The van der Waals surface area contributed by atoms with Gasteiger partial charge in [0.05, 0.1) is 9.13 Å². The summed E-state index contributed by atoms with van der Waals surface area (Å²) in [5.74, 6) is 1.11. The third-order valence-electron chi connectivity index (χ3n) is 2.83.